The van der Waals surface area contributed by atoms with Crippen molar-refractivity contribution < 1.29 is 9.84 Å². The highest BCUT2D eigenvalue weighted by Gasteiger charge is 2.44. The molecule has 0 amide bonds. The Morgan fingerprint density at radius 1 is 0.879 bits per heavy atom. The summed E-state index contributed by atoms with van der Waals surface area (Å²) in [6.07, 6.45) is 10.1. The van der Waals surface area contributed by atoms with Crippen LogP contribution < -0.4 is 11.5 Å². The summed E-state index contributed by atoms with van der Waals surface area (Å²) in [4.78, 5) is 18.7. The van der Waals surface area contributed by atoms with Crippen molar-refractivity contribution in [1.29, 1.82) is 0 Å². The summed E-state index contributed by atoms with van der Waals surface area (Å²) in [6.45, 7) is 3.97. The Labute approximate surface area is 190 Å². The molecule has 0 aromatic carbocycles. The normalized spacial score (nSPS) is 29.3. The fraction of sp³-hybridized carbons (Fsp3) is 0.478. The van der Waals surface area contributed by atoms with Crippen LogP contribution >= 0.6 is 0 Å². The first-order valence-corrected chi connectivity index (χ1v) is 11.2. The van der Waals surface area contributed by atoms with Crippen molar-refractivity contribution in [2.24, 2.45) is 0 Å². The second-order valence-corrected chi connectivity index (χ2v) is 10.1. The third-order valence-electron chi connectivity index (χ3n) is 7.40. The lowest BCUT2D eigenvalue weighted by atomic mass is 9.71. The number of aromatic nitrogens is 6. The van der Waals surface area contributed by atoms with Gasteiger partial charge in [-0.1, -0.05) is 0 Å². The van der Waals surface area contributed by atoms with Gasteiger partial charge in [0.2, 0.25) is 0 Å². The highest BCUT2D eigenvalue weighted by atomic mass is 16.5. The Balaban J connectivity index is 1.55. The first-order chi connectivity index (χ1) is 15.7. The number of methoxy groups -OCH3 is 1. The van der Waals surface area contributed by atoms with Gasteiger partial charge in [0.1, 0.15) is 45.7 Å². The van der Waals surface area contributed by atoms with Gasteiger partial charge >= 0.3 is 0 Å². The zero-order valence-electron chi connectivity index (χ0n) is 19.0. The summed E-state index contributed by atoms with van der Waals surface area (Å²) in [5, 5.41) is 10.3. The first kappa shape index (κ1) is 20.4. The molecule has 0 bridgehead atoms. The van der Waals surface area contributed by atoms with Crippen molar-refractivity contribution in [1.82, 2.24) is 28.7 Å². The lowest BCUT2D eigenvalue weighted by Crippen LogP contribution is -2.41. The average Bonchev–Trinajstić information content (AvgIpc) is 3.30. The van der Waals surface area contributed by atoms with Crippen molar-refractivity contribution in [2.45, 2.75) is 62.6 Å². The summed E-state index contributed by atoms with van der Waals surface area (Å²) in [5.41, 5.74) is 14.6. The van der Waals surface area contributed by atoms with Crippen LogP contribution in [0.2, 0.25) is 0 Å². The number of anilines is 2. The minimum absolute atomic E-state index is 0.126. The number of hydrogen-bond donors (Lipinski definition) is 3. The Morgan fingerprint density at radius 3 is 1.76 bits per heavy atom. The van der Waals surface area contributed by atoms with E-state index >= 15 is 0 Å². The van der Waals surface area contributed by atoms with Crippen LogP contribution in [-0.2, 0) is 4.74 Å². The Kier molecular flexibility index (Phi) is 4.10. The van der Waals surface area contributed by atoms with E-state index in [-0.39, 0.29) is 17.4 Å². The van der Waals surface area contributed by atoms with Crippen molar-refractivity contribution in [3.63, 3.8) is 0 Å². The van der Waals surface area contributed by atoms with Crippen LogP contribution in [0.4, 0.5) is 11.6 Å². The maximum atomic E-state index is 10.3. The number of rotatable bonds is 4. The summed E-state index contributed by atoms with van der Waals surface area (Å²) < 4.78 is 9.65. The van der Waals surface area contributed by atoms with Crippen LogP contribution in [0.5, 0.6) is 0 Å². The molecular weight excluding hydrogens is 420 g/mol. The van der Waals surface area contributed by atoms with E-state index < -0.39 is 5.60 Å². The van der Waals surface area contributed by atoms with E-state index in [1.54, 1.807) is 19.5 Å². The molecule has 10 heteroatoms. The minimum Gasteiger partial charge on any atom is -0.390 e. The largest absolute Gasteiger partial charge is 0.390 e. The highest BCUT2D eigenvalue weighted by Crippen LogP contribution is 2.48. The van der Waals surface area contributed by atoms with Gasteiger partial charge < -0.3 is 21.3 Å². The van der Waals surface area contributed by atoms with E-state index in [4.69, 9.17) is 26.2 Å². The molecule has 4 aromatic heterocycles. The fourth-order valence-corrected chi connectivity index (χ4v) is 5.60. The van der Waals surface area contributed by atoms with Gasteiger partial charge in [-0.15, -0.1) is 0 Å². The van der Waals surface area contributed by atoms with Gasteiger partial charge in [-0.3, -0.25) is 8.80 Å². The van der Waals surface area contributed by atoms with Gasteiger partial charge in [-0.2, -0.15) is 0 Å². The van der Waals surface area contributed by atoms with E-state index in [0.717, 1.165) is 24.5 Å². The van der Waals surface area contributed by atoms with E-state index in [9.17, 15) is 5.11 Å². The molecule has 10 nitrogen and oxygen atoms in total. The van der Waals surface area contributed by atoms with Crippen LogP contribution in [0.1, 0.15) is 63.0 Å². The third-order valence-corrected chi connectivity index (χ3v) is 7.40. The smallest absolute Gasteiger partial charge is 0.150 e. The van der Waals surface area contributed by atoms with Crippen molar-refractivity contribution in [2.75, 3.05) is 18.6 Å². The second kappa shape index (κ2) is 6.64. The van der Waals surface area contributed by atoms with Gasteiger partial charge in [0.25, 0.3) is 0 Å². The molecule has 0 radical (unpaired) electrons. The quantitative estimate of drug-likeness (QED) is 0.432. The lowest BCUT2D eigenvalue weighted by Gasteiger charge is -2.43. The van der Waals surface area contributed by atoms with Gasteiger partial charge in [-0.25, -0.2) is 19.9 Å². The predicted molar refractivity (Wildman–Crippen MR) is 124 cm³/mol. The Hall–Kier alpha value is -3.24. The van der Waals surface area contributed by atoms with Crippen LogP contribution in [0.3, 0.4) is 0 Å². The van der Waals surface area contributed by atoms with Gasteiger partial charge in [-0.05, 0) is 39.5 Å². The maximum Gasteiger partial charge on any atom is 0.150 e. The molecular formula is C23H28N8O2. The summed E-state index contributed by atoms with van der Waals surface area (Å²) in [7, 11) is 1.75. The molecule has 0 unspecified atom stereocenters. The molecule has 0 spiro atoms. The fourth-order valence-electron chi connectivity index (χ4n) is 5.60. The van der Waals surface area contributed by atoms with Crippen LogP contribution in [0.25, 0.3) is 22.4 Å². The molecule has 0 atom stereocenters. The van der Waals surface area contributed by atoms with Crippen LogP contribution in [0.15, 0.2) is 24.8 Å². The summed E-state index contributed by atoms with van der Waals surface area (Å²) in [6, 6.07) is 0. The number of nitrogens with two attached hydrogens (primary N) is 2. The Morgan fingerprint density at radius 2 is 1.33 bits per heavy atom. The molecule has 0 aliphatic heterocycles. The first-order valence-electron chi connectivity index (χ1n) is 11.2. The molecule has 2 fully saturated rings. The molecule has 6 rings (SSSR count). The zero-order valence-corrected chi connectivity index (χ0v) is 19.0. The molecule has 172 valence electrons. The number of nitrogens with zero attached hydrogens (tertiary/aromatic N) is 6. The minimum atomic E-state index is -0.671. The van der Waals surface area contributed by atoms with Crippen molar-refractivity contribution in [3.8, 4) is 11.4 Å². The van der Waals surface area contributed by atoms with E-state index in [1.165, 1.54) is 0 Å². The topological polar surface area (TPSA) is 142 Å². The molecule has 2 aliphatic carbocycles. The van der Waals surface area contributed by atoms with Gasteiger partial charge in [0.15, 0.2) is 0 Å². The van der Waals surface area contributed by atoms with E-state index in [1.807, 2.05) is 28.1 Å². The standard InChI is InChI=1S/C23H28N8O2/c1-22(32)8-12(9-22)20-28-14(16-18(24)26-4-6-30(16)20)15-17-19(25)27-5-7-31(17)21(29-15)13-10-23(2,11-13)33-3/h4-7,12-13,32H,8-11H2,1-3H3,(H2,24,26)(H2,25,27). The number of ether oxygens (including phenoxy) is 1. The number of nitrogen functional groups attached to an aromatic ring is 2. The number of fused-ring (bicyclic) bond motifs is 2. The highest BCUT2D eigenvalue weighted by molar-refractivity contribution is 5.93. The van der Waals surface area contributed by atoms with E-state index in [2.05, 4.69) is 16.9 Å². The summed E-state index contributed by atoms with van der Waals surface area (Å²) in [5.74, 6) is 2.89. The van der Waals surface area contributed by atoms with Gasteiger partial charge in [0, 0.05) is 43.7 Å². The molecule has 2 aliphatic rings. The number of hydrogen-bond acceptors (Lipinski definition) is 8. The monoisotopic (exact) mass is 448 g/mol. The third kappa shape index (κ3) is 2.94. The SMILES string of the molecule is COC1(C)CC(c2nc(-c3nc(C4CC(C)(O)C4)n4ccnc(N)c34)c3c(N)nccn23)C1. The predicted octanol–water partition coefficient (Wildman–Crippen LogP) is 2.51. The molecule has 5 N–H and O–H groups in total. The van der Waals surface area contributed by atoms with Crippen LogP contribution in [0, 0.1) is 0 Å². The molecule has 2 saturated carbocycles. The van der Waals surface area contributed by atoms with E-state index in [0.29, 0.717) is 46.9 Å². The average molecular weight is 449 g/mol. The lowest BCUT2D eigenvalue weighted by molar-refractivity contribution is -0.0708. The molecule has 0 saturated heterocycles. The number of imidazole rings is 2. The molecule has 4 aromatic rings. The zero-order chi connectivity index (χ0) is 23.1. The molecule has 4 heterocycles. The second-order valence-electron chi connectivity index (χ2n) is 10.1. The van der Waals surface area contributed by atoms with Crippen molar-refractivity contribution >= 4 is 22.7 Å². The van der Waals surface area contributed by atoms with Crippen LogP contribution in [-0.4, -0.2) is 52.2 Å². The number of aliphatic hydroxyl groups is 1. The molecule has 33 heavy (non-hydrogen) atoms. The maximum absolute atomic E-state index is 10.3. The van der Waals surface area contributed by atoms with Crippen molar-refractivity contribution in [3.05, 3.63) is 36.4 Å². The summed E-state index contributed by atoms with van der Waals surface area (Å²) >= 11 is 0. The van der Waals surface area contributed by atoms with Gasteiger partial charge in [0.05, 0.1) is 11.2 Å². The Bertz CT molecular complexity index is 1390.